The van der Waals surface area contributed by atoms with Crippen molar-refractivity contribution < 1.29 is 0 Å². The summed E-state index contributed by atoms with van der Waals surface area (Å²) in [7, 11) is 4.06. The second kappa shape index (κ2) is 6.94. The van der Waals surface area contributed by atoms with Gasteiger partial charge in [0.15, 0.2) is 0 Å². The molecule has 1 atom stereocenters. The van der Waals surface area contributed by atoms with Crippen LogP contribution in [0.5, 0.6) is 0 Å². The Morgan fingerprint density at radius 2 is 1.95 bits per heavy atom. The van der Waals surface area contributed by atoms with Gasteiger partial charge < -0.3 is 4.90 Å². The van der Waals surface area contributed by atoms with E-state index in [1.165, 1.54) is 0 Å². The SMILES string of the molecule is Cc1ccc(CC(NN)c2cccc(N(C)C)c2)c(Cl)c1. The number of hydrazine groups is 1. The van der Waals surface area contributed by atoms with Crippen molar-refractivity contribution in [2.45, 2.75) is 19.4 Å². The third-order valence-corrected chi connectivity index (χ3v) is 3.97. The molecule has 0 aromatic heterocycles. The van der Waals surface area contributed by atoms with Crippen molar-refractivity contribution in [3.8, 4) is 0 Å². The Hall–Kier alpha value is -1.55. The van der Waals surface area contributed by atoms with E-state index in [1.54, 1.807) is 0 Å². The molecule has 0 aliphatic carbocycles. The maximum Gasteiger partial charge on any atom is 0.0501 e. The van der Waals surface area contributed by atoms with Crippen molar-refractivity contribution in [1.82, 2.24) is 5.43 Å². The Morgan fingerprint density at radius 1 is 1.19 bits per heavy atom. The number of anilines is 1. The van der Waals surface area contributed by atoms with Gasteiger partial charge in [0, 0.05) is 24.8 Å². The number of nitrogens with one attached hydrogen (secondary N) is 1. The molecule has 0 bridgehead atoms. The summed E-state index contributed by atoms with van der Waals surface area (Å²) in [6.45, 7) is 2.04. The van der Waals surface area contributed by atoms with E-state index in [2.05, 4.69) is 40.7 Å². The van der Waals surface area contributed by atoms with Crippen LogP contribution in [0.1, 0.15) is 22.7 Å². The highest BCUT2D eigenvalue weighted by molar-refractivity contribution is 6.31. The molecule has 0 heterocycles. The standard InChI is InChI=1S/C17H22ClN3/c1-12-7-8-13(16(18)9-12)11-17(20-19)14-5-4-6-15(10-14)21(2)3/h4-10,17,20H,11,19H2,1-3H3. The average Bonchev–Trinajstić information content (AvgIpc) is 2.46. The minimum atomic E-state index is 0.0325. The van der Waals surface area contributed by atoms with Crippen LogP contribution in [0, 0.1) is 6.92 Å². The zero-order valence-corrected chi connectivity index (χ0v) is 13.5. The molecule has 0 aliphatic heterocycles. The fraction of sp³-hybridized carbons (Fsp3) is 0.294. The maximum absolute atomic E-state index is 6.32. The Labute approximate surface area is 131 Å². The first kappa shape index (κ1) is 15.8. The smallest absolute Gasteiger partial charge is 0.0501 e. The van der Waals surface area contributed by atoms with Crippen molar-refractivity contribution in [2.24, 2.45) is 5.84 Å². The summed E-state index contributed by atoms with van der Waals surface area (Å²) in [4.78, 5) is 2.08. The number of hydrogen-bond acceptors (Lipinski definition) is 3. The number of aryl methyl sites for hydroxylation is 1. The number of nitrogens with two attached hydrogens (primary N) is 1. The molecule has 2 rings (SSSR count). The molecule has 0 amide bonds. The maximum atomic E-state index is 6.32. The van der Waals surface area contributed by atoms with Crippen molar-refractivity contribution in [2.75, 3.05) is 19.0 Å². The van der Waals surface area contributed by atoms with Gasteiger partial charge in [-0.15, -0.1) is 0 Å². The van der Waals surface area contributed by atoms with Crippen molar-refractivity contribution >= 4 is 17.3 Å². The lowest BCUT2D eigenvalue weighted by atomic mass is 9.98. The van der Waals surface area contributed by atoms with Gasteiger partial charge in [0.25, 0.3) is 0 Å². The zero-order chi connectivity index (χ0) is 15.4. The van der Waals surface area contributed by atoms with E-state index >= 15 is 0 Å². The van der Waals surface area contributed by atoms with Crippen LogP contribution in [0.3, 0.4) is 0 Å². The summed E-state index contributed by atoms with van der Waals surface area (Å²) in [5.41, 5.74) is 7.47. The van der Waals surface area contributed by atoms with Crippen molar-refractivity contribution in [1.29, 1.82) is 0 Å². The van der Waals surface area contributed by atoms with Gasteiger partial charge in [-0.3, -0.25) is 11.3 Å². The van der Waals surface area contributed by atoms with E-state index < -0.39 is 0 Å². The third kappa shape index (κ3) is 3.97. The second-order valence-corrected chi connectivity index (χ2v) is 5.91. The predicted molar refractivity (Wildman–Crippen MR) is 90.7 cm³/mol. The first-order valence-electron chi connectivity index (χ1n) is 6.99. The van der Waals surface area contributed by atoms with E-state index in [1.807, 2.05) is 33.2 Å². The molecule has 2 aromatic rings. The third-order valence-electron chi connectivity index (χ3n) is 3.62. The molecule has 0 fully saturated rings. The molecule has 3 nitrogen and oxygen atoms in total. The number of rotatable bonds is 5. The van der Waals surface area contributed by atoms with E-state index in [-0.39, 0.29) is 6.04 Å². The van der Waals surface area contributed by atoms with Crippen LogP contribution in [0.25, 0.3) is 0 Å². The van der Waals surface area contributed by atoms with Gasteiger partial charge in [0.1, 0.15) is 0 Å². The summed E-state index contributed by atoms with van der Waals surface area (Å²) in [5, 5.41) is 0.791. The highest BCUT2D eigenvalue weighted by Gasteiger charge is 2.13. The van der Waals surface area contributed by atoms with E-state index in [4.69, 9.17) is 17.4 Å². The Balaban J connectivity index is 2.25. The molecule has 0 spiro atoms. The molecule has 0 saturated heterocycles. The summed E-state index contributed by atoms with van der Waals surface area (Å²) in [6.07, 6.45) is 0.756. The van der Waals surface area contributed by atoms with E-state index in [0.29, 0.717) is 0 Å². The second-order valence-electron chi connectivity index (χ2n) is 5.51. The molecule has 0 aliphatic rings. The lowest BCUT2D eigenvalue weighted by Gasteiger charge is -2.20. The molecule has 4 heteroatoms. The number of nitrogens with zero attached hydrogens (tertiary/aromatic N) is 1. The van der Waals surface area contributed by atoms with Crippen LogP contribution in [0.2, 0.25) is 5.02 Å². The quantitative estimate of drug-likeness (QED) is 0.656. The van der Waals surface area contributed by atoms with Crippen LogP contribution >= 0.6 is 11.6 Å². The molecule has 1 unspecified atom stereocenters. The number of halogens is 1. The molecule has 3 N–H and O–H groups in total. The topological polar surface area (TPSA) is 41.3 Å². The average molecular weight is 304 g/mol. The number of hydrogen-bond donors (Lipinski definition) is 2. The highest BCUT2D eigenvalue weighted by atomic mass is 35.5. The molecule has 21 heavy (non-hydrogen) atoms. The predicted octanol–water partition coefficient (Wildman–Crippen LogP) is 3.46. The zero-order valence-electron chi connectivity index (χ0n) is 12.7. The first-order chi connectivity index (χ1) is 10.0. The van der Waals surface area contributed by atoms with Crippen molar-refractivity contribution in [3.05, 3.63) is 64.2 Å². The molecule has 112 valence electrons. The lowest BCUT2D eigenvalue weighted by molar-refractivity contribution is 0.552. The van der Waals surface area contributed by atoms with Crippen LogP contribution < -0.4 is 16.2 Å². The van der Waals surface area contributed by atoms with Crippen LogP contribution in [0.4, 0.5) is 5.69 Å². The van der Waals surface area contributed by atoms with Gasteiger partial charge >= 0.3 is 0 Å². The first-order valence-corrected chi connectivity index (χ1v) is 7.37. The molecule has 0 saturated carbocycles. The molecular weight excluding hydrogens is 282 g/mol. The van der Waals surface area contributed by atoms with Gasteiger partial charge in [-0.1, -0.05) is 35.9 Å². The fourth-order valence-corrected chi connectivity index (χ4v) is 2.64. The van der Waals surface area contributed by atoms with Crippen LogP contribution in [-0.2, 0) is 6.42 Å². The van der Waals surface area contributed by atoms with Gasteiger partial charge in [-0.05, 0) is 48.2 Å². The minimum absolute atomic E-state index is 0.0325. The molecular formula is C17H22ClN3. The van der Waals surface area contributed by atoms with Gasteiger partial charge in [-0.25, -0.2) is 0 Å². The normalized spacial score (nSPS) is 12.2. The van der Waals surface area contributed by atoms with Gasteiger partial charge in [0.2, 0.25) is 0 Å². The van der Waals surface area contributed by atoms with E-state index in [0.717, 1.165) is 33.8 Å². The van der Waals surface area contributed by atoms with Crippen molar-refractivity contribution in [3.63, 3.8) is 0 Å². The summed E-state index contributed by atoms with van der Waals surface area (Å²) >= 11 is 6.32. The highest BCUT2D eigenvalue weighted by Crippen LogP contribution is 2.26. The summed E-state index contributed by atoms with van der Waals surface area (Å²) < 4.78 is 0. The van der Waals surface area contributed by atoms with Gasteiger partial charge in [0.05, 0.1) is 6.04 Å². The summed E-state index contributed by atoms with van der Waals surface area (Å²) in [6, 6.07) is 14.5. The molecule has 2 aromatic carbocycles. The Morgan fingerprint density at radius 3 is 2.57 bits per heavy atom. The minimum Gasteiger partial charge on any atom is -0.378 e. The lowest BCUT2D eigenvalue weighted by Crippen LogP contribution is -2.29. The van der Waals surface area contributed by atoms with Crippen LogP contribution in [0.15, 0.2) is 42.5 Å². The van der Waals surface area contributed by atoms with E-state index in [9.17, 15) is 0 Å². The molecule has 0 radical (unpaired) electrons. The van der Waals surface area contributed by atoms with Gasteiger partial charge in [-0.2, -0.15) is 0 Å². The fourth-order valence-electron chi connectivity index (χ4n) is 2.33. The largest absolute Gasteiger partial charge is 0.378 e. The summed E-state index contributed by atoms with van der Waals surface area (Å²) in [5.74, 6) is 5.75. The Bertz CT molecular complexity index is 611. The van der Waals surface area contributed by atoms with Crippen LogP contribution in [-0.4, -0.2) is 14.1 Å². The number of benzene rings is 2. The Kier molecular flexibility index (Phi) is 5.23. The monoisotopic (exact) mass is 303 g/mol.